The minimum atomic E-state index is -1.91. The van der Waals surface area contributed by atoms with Crippen LogP contribution in [-0.4, -0.2) is 0 Å². The van der Waals surface area contributed by atoms with Crippen molar-refractivity contribution in [1.29, 1.82) is 10.5 Å². The molecule has 33 heavy (non-hydrogen) atoms. The topological polar surface area (TPSA) is 56.3 Å². The smallest absolute Gasteiger partial charge is 0.232 e. The lowest BCUT2D eigenvalue weighted by atomic mass is 9.94. The molecule has 8 heteroatoms. The summed E-state index contributed by atoms with van der Waals surface area (Å²) in [5, 5.41) is 19.1. The molecule has 0 radical (unpaired) electrons. The van der Waals surface area contributed by atoms with E-state index < -0.39 is 40.1 Å². The lowest BCUT2D eigenvalue weighted by Gasteiger charge is -2.11. The van der Waals surface area contributed by atoms with Crippen molar-refractivity contribution in [3.05, 3.63) is 110 Å². The summed E-state index contributed by atoms with van der Waals surface area (Å²) in [7, 11) is 0. The molecule has 158 valence electrons. The van der Waals surface area contributed by atoms with Crippen molar-refractivity contribution in [2.45, 2.75) is 6.92 Å². The average molecular weight is 442 g/mol. The Hall–Kier alpha value is -4.92. The number of hydrogen-bond donors (Lipinski definition) is 0. The van der Waals surface area contributed by atoms with Crippen molar-refractivity contribution >= 4 is 17.0 Å². The first-order valence-corrected chi connectivity index (χ1v) is 9.16. The summed E-state index contributed by atoms with van der Waals surface area (Å²) in [6.07, 6.45) is 0. The van der Waals surface area contributed by atoms with Gasteiger partial charge in [-0.05, 0) is 23.3 Å². The molecule has 0 aliphatic rings. The van der Waals surface area contributed by atoms with E-state index in [0.29, 0.717) is 5.56 Å². The fourth-order valence-corrected chi connectivity index (χ4v) is 3.30. The molecule has 0 heterocycles. The molecule has 0 aromatic heterocycles. The SMILES string of the molecule is [C-]#[N+]/C(C#N)=c1\cc/c(=C(/C#N)c2c(F)c(F)c([N+]#[C-])c(F)c2F)c(-c2cccc(C)c2)c1. The Kier molecular flexibility index (Phi) is 6.25. The standard InChI is InChI=1S/C25H10F4N4/c1-13-5-4-6-14(9-13)17-10-15(19(12-31)32-2)7-8-16(17)18(11-30)20-21(26)23(28)25(33-3)24(29)22(20)27/h4-10H,1H3/b18-16+,19-15+. The van der Waals surface area contributed by atoms with Gasteiger partial charge in [0, 0.05) is 5.22 Å². The highest BCUT2D eigenvalue weighted by atomic mass is 19.2. The maximum atomic E-state index is 14.7. The molecule has 0 N–H and O–H groups in total. The van der Waals surface area contributed by atoms with Crippen LogP contribution in [0.3, 0.4) is 0 Å². The largest absolute Gasteiger partial charge is 0.268 e. The zero-order valence-corrected chi connectivity index (χ0v) is 16.8. The normalized spacial score (nSPS) is 12.0. The Morgan fingerprint density at radius 1 is 0.879 bits per heavy atom. The Balaban J connectivity index is 2.61. The first kappa shape index (κ1) is 22.8. The van der Waals surface area contributed by atoms with E-state index in [1.807, 2.05) is 0 Å². The molecular weight excluding hydrogens is 432 g/mol. The van der Waals surface area contributed by atoms with E-state index >= 15 is 0 Å². The molecule has 0 saturated carbocycles. The van der Waals surface area contributed by atoms with Crippen molar-refractivity contribution in [2.24, 2.45) is 0 Å². The van der Waals surface area contributed by atoms with Gasteiger partial charge in [-0.1, -0.05) is 48.0 Å². The maximum absolute atomic E-state index is 14.7. The molecule has 3 aromatic rings. The highest BCUT2D eigenvalue weighted by molar-refractivity contribution is 5.83. The number of hydrogen-bond acceptors (Lipinski definition) is 2. The second kappa shape index (κ2) is 9.06. The van der Waals surface area contributed by atoms with Crippen LogP contribution in [0.4, 0.5) is 23.2 Å². The van der Waals surface area contributed by atoms with E-state index in [1.165, 1.54) is 18.2 Å². The molecule has 0 aliphatic heterocycles. The van der Waals surface area contributed by atoms with Gasteiger partial charge in [0.15, 0.2) is 23.3 Å². The third kappa shape index (κ3) is 3.90. The predicted octanol–water partition coefficient (Wildman–Crippen LogP) is 5.04. The first-order valence-electron chi connectivity index (χ1n) is 9.16. The van der Waals surface area contributed by atoms with Gasteiger partial charge < -0.3 is 0 Å². The van der Waals surface area contributed by atoms with Gasteiger partial charge in [-0.25, -0.2) is 32.5 Å². The monoisotopic (exact) mass is 442 g/mol. The van der Waals surface area contributed by atoms with Crippen LogP contribution in [0, 0.1) is 66.0 Å². The predicted molar refractivity (Wildman–Crippen MR) is 112 cm³/mol. The highest BCUT2D eigenvalue weighted by Crippen LogP contribution is 2.33. The minimum absolute atomic E-state index is 0.0821. The number of nitrogens with zero attached hydrogens (tertiary/aromatic N) is 4. The number of nitriles is 2. The number of benzene rings is 3. The van der Waals surface area contributed by atoms with E-state index in [9.17, 15) is 28.1 Å². The average Bonchev–Trinajstić information content (AvgIpc) is 2.82. The quantitative estimate of drug-likeness (QED) is 0.317. The first-order chi connectivity index (χ1) is 15.8. The summed E-state index contributed by atoms with van der Waals surface area (Å²) in [4.78, 5) is 5.62. The number of aryl methyl sites for hydroxylation is 1. The van der Waals surface area contributed by atoms with Crippen LogP contribution >= 0.6 is 0 Å². The molecule has 4 nitrogen and oxygen atoms in total. The second-order valence-electron chi connectivity index (χ2n) is 6.78. The van der Waals surface area contributed by atoms with Gasteiger partial charge in [0.1, 0.15) is 6.07 Å². The van der Waals surface area contributed by atoms with Gasteiger partial charge >= 0.3 is 0 Å². The van der Waals surface area contributed by atoms with Crippen LogP contribution in [0.2, 0.25) is 0 Å². The van der Waals surface area contributed by atoms with Crippen LogP contribution in [0.1, 0.15) is 11.1 Å². The zero-order valence-electron chi connectivity index (χ0n) is 16.8. The molecule has 0 amide bonds. The molecule has 0 atom stereocenters. The fourth-order valence-electron chi connectivity index (χ4n) is 3.30. The molecular formula is C25H10F4N4. The molecule has 0 spiro atoms. The van der Waals surface area contributed by atoms with Crippen LogP contribution in [0.25, 0.3) is 32.1 Å². The third-order valence-corrected chi connectivity index (χ3v) is 4.82. The minimum Gasteiger partial charge on any atom is -0.232 e. The van der Waals surface area contributed by atoms with E-state index in [-0.39, 0.29) is 21.7 Å². The van der Waals surface area contributed by atoms with Crippen LogP contribution < -0.4 is 10.4 Å². The number of halogens is 4. The van der Waals surface area contributed by atoms with E-state index in [4.69, 9.17) is 13.1 Å². The molecule has 0 bridgehead atoms. The highest BCUT2D eigenvalue weighted by Gasteiger charge is 2.28. The molecule has 0 fully saturated rings. The van der Waals surface area contributed by atoms with E-state index in [2.05, 4.69) is 9.69 Å². The Morgan fingerprint density at radius 3 is 2.06 bits per heavy atom. The molecule has 3 rings (SSSR count). The molecule has 0 aliphatic carbocycles. The summed E-state index contributed by atoms with van der Waals surface area (Å²) in [6.45, 7) is 15.7. The Morgan fingerprint density at radius 2 is 1.55 bits per heavy atom. The van der Waals surface area contributed by atoms with Crippen molar-refractivity contribution in [2.75, 3.05) is 0 Å². The molecule has 3 aromatic carbocycles. The van der Waals surface area contributed by atoms with Gasteiger partial charge in [0.2, 0.25) is 0 Å². The summed E-state index contributed by atoms with van der Waals surface area (Å²) in [6, 6.07) is 14.0. The fraction of sp³-hybridized carbons (Fsp3) is 0.0400. The summed E-state index contributed by atoms with van der Waals surface area (Å²) in [5.41, 5.74) is -2.21. The van der Waals surface area contributed by atoms with Crippen molar-refractivity contribution < 1.29 is 17.6 Å². The third-order valence-electron chi connectivity index (χ3n) is 4.82. The summed E-state index contributed by atoms with van der Waals surface area (Å²) < 4.78 is 58.0. The lowest BCUT2D eigenvalue weighted by Crippen LogP contribution is -2.18. The van der Waals surface area contributed by atoms with Gasteiger partial charge in [0.05, 0.1) is 30.4 Å². The van der Waals surface area contributed by atoms with Crippen LogP contribution in [-0.2, 0) is 0 Å². The van der Waals surface area contributed by atoms with Gasteiger partial charge in [-0.15, -0.1) is 0 Å². The van der Waals surface area contributed by atoms with Crippen molar-refractivity contribution in [3.8, 4) is 23.3 Å². The summed E-state index contributed by atoms with van der Waals surface area (Å²) in [5.74, 6) is -7.57. The second-order valence-corrected chi connectivity index (χ2v) is 6.78. The van der Waals surface area contributed by atoms with Gasteiger partial charge in [0.25, 0.3) is 11.4 Å². The van der Waals surface area contributed by atoms with E-state index in [1.54, 1.807) is 43.3 Å². The van der Waals surface area contributed by atoms with E-state index in [0.717, 1.165) is 5.56 Å². The van der Waals surface area contributed by atoms with Crippen molar-refractivity contribution in [3.63, 3.8) is 0 Å². The Labute approximate surface area is 185 Å². The van der Waals surface area contributed by atoms with Gasteiger partial charge in [-0.2, -0.15) is 5.26 Å². The lowest BCUT2D eigenvalue weighted by molar-refractivity contribution is 0.457. The summed E-state index contributed by atoms with van der Waals surface area (Å²) >= 11 is 0. The van der Waals surface area contributed by atoms with Crippen molar-refractivity contribution in [1.82, 2.24) is 0 Å². The molecule has 0 saturated heterocycles. The zero-order chi connectivity index (χ0) is 24.3. The van der Waals surface area contributed by atoms with Gasteiger partial charge in [-0.3, -0.25) is 0 Å². The number of rotatable bonds is 2. The Bertz CT molecular complexity index is 1570. The van der Waals surface area contributed by atoms with Crippen LogP contribution in [0.15, 0.2) is 42.5 Å². The van der Waals surface area contributed by atoms with Crippen LogP contribution in [0.5, 0.6) is 0 Å². The maximum Gasteiger partial charge on any atom is 0.268 e. The molecule has 0 unspecified atom stereocenters.